The minimum absolute atomic E-state index is 0.217. The molecule has 10 heteroatoms. The number of amides is 1. The van der Waals surface area contributed by atoms with Crippen molar-refractivity contribution in [3.63, 3.8) is 0 Å². The quantitative estimate of drug-likeness (QED) is 0.586. The smallest absolute Gasteiger partial charge is 0.414 e. The second-order valence-corrected chi connectivity index (χ2v) is 6.51. The fourth-order valence-corrected chi connectivity index (χ4v) is 2.97. The summed E-state index contributed by atoms with van der Waals surface area (Å²) in [7, 11) is 1.45. The van der Waals surface area contributed by atoms with Gasteiger partial charge in [-0.3, -0.25) is 9.91 Å². The second-order valence-electron chi connectivity index (χ2n) is 6.14. The Balaban J connectivity index is 1.66. The molecule has 3 rings (SSSR count). The number of hydrogen-bond donors (Lipinski definition) is 1. The highest BCUT2D eigenvalue weighted by Gasteiger charge is 2.33. The zero-order valence-corrected chi connectivity index (χ0v) is 16.1. The van der Waals surface area contributed by atoms with Crippen LogP contribution in [-0.4, -0.2) is 68.6 Å². The molecular formula is C18H20FN5O3S. The number of anilines is 2. The van der Waals surface area contributed by atoms with Gasteiger partial charge in [0.1, 0.15) is 18.3 Å². The number of benzene rings is 1. The first-order chi connectivity index (χ1) is 13.5. The van der Waals surface area contributed by atoms with Crippen LogP contribution in [0.4, 0.5) is 20.6 Å². The molecule has 1 N–H and O–H groups in total. The van der Waals surface area contributed by atoms with Crippen molar-refractivity contribution in [1.29, 1.82) is 0 Å². The van der Waals surface area contributed by atoms with Crippen LogP contribution < -0.4 is 15.1 Å². The molecule has 0 radical (unpaired) electrons. The molecule has 1 amide bonds. The first-order valence-corrected chi connectivity index (χ1v) is 9.01. The van der Waals surface area contributed by atoms with Crippen molar-refractivity contribution >= 4 is 41.2 Å². The molecule has 1 aromatic rings. The lowest BCUT2D eigenvalue weighted by Crippen LogP contribution is -2.38. The van der Waals surface area contributed by atoms with E-state index in [9.17, 15) is 9.18 Å². The van der Waals surface area contributed by atoms with Gasteiger partial charge in [0, 0.05) is 6.54 Å². The number of ether oxygens (including phenoxy) is 2. The third-order valence-corrected chi connectivity index (χ3v) is 4.62. The van der Waals surface area contributed by atoms with E-state index in [0.29, 0.717) is 37.6 Å². The molecule has 0 aromatic heterocycles. The molecule has 1 fully saturated rings. The van der Waals surface area contributed by atoms with Gasteiger partial charge in [-0.05, 0) is 30.4 Å². The number of carbonyl (C=O) groups excluding carboxylic acids is 1. The molecule has 2 aliphatic heterocycles. The summed E-state index contributed by atoms with van der Waals surface area (Å²) in [4.78, 5) is 15.2. The van der Waals surface area contributed by atoms with Gasteiger partial charge < -0.3 is 19.7 Å². The zero-order valence-electron chi connectivity index (χ0n) is 15.3. The fraction of sp³-hybridized carbons (Fsp3) is 0.389. The minimum Gasteiger partial charge on any atom is -0.474 e. The molecule has 2 heterocycles. The number of cyclic esters (lactones) is 1. The molecule has 0 aliphatic carbocycles. The molecule has 0 bridgehead atoms. The maximum absolute atomic E-state index is 14.7. The molecule has 8 nitrogen and oxygen atoms in total. The van der Waals surface area contributed by atoms with E-state index in [4.69, 9.17) is 28.1 Å². The van der Waals surface area contributed by atoms with Gasteiger partial charge in [-0.25, -0.2) is 9.18 Å². The van der Waals surface area contributed by atoms with Gasteiger partial charge in [-0.2, -0.15) is 5.10 Å². The van der Waals surface area contributed by atoms with Gasteiger partial charge >= 0.3 is 6.09 Å². The number of thiocarbonyl (C=S) groups is 1. The van der Waals surface area contributed by atoms with E-state index in [0.717, 1.165) is 0 Å². The predicted molar refractivity (Wildman–Crippen MR) is 108 cm³/mol. The van der Waals surface area contributed by atoms with Crippen molar-refractivity contribution in [2.45, 2.75) is 6.10 Å². The highest BCUT2D eigenvalue weighted by atomic mass is 32.1. The van der Waals surface area contributed by atoms with Crippen LogP contribution in [-0.2, 0) is 9.47 Å². The Morgan fingerprint density at radius 3 is 3.00 bits per heavy atom. The van der Waals surface area contributed by atoms with Crippen LogP contribution in [0.5, 0.6) is 0 Å². The van der Waals surface area contributed by atoms with Gasteiger partial charge in [0.05, 0.1) is 44.7 Å². The first-order valence-electron chi connectivity index (χ1n) is 8.60. The van der Waals surface area contributed by atoms with Crippen LogP contribution >= 0.6 is 12.2 Å². The lowest BCUT2D eigenvalue weighted by atomic mass is 10.2. The number of methoxy groups -OCH3 is 1. The molecule has 0 spiro atoms. The van der Waals surface area contributed by atoms with E-state index in [2.05, 4.69) is 16.3 Å². The maximum Gasteiger partial charge on any atom is 0.414 e. The fourth-order valence-electron chi connectivity index (χ4n) is 2.89. The molecule has 1 atom stereocenters. The minimum atomic E-state index is -0.535. The van der Waals surface area contributed by atoms with Gasteiger partial charge in [0.15, 0.2) is 0 Å². The summed E-state index contributed by atoms with van der Waals surface area (Å²) in [6.45, 7) is 2.16. The van der Waals surface area contributed by atoms with Crippen molar-refractivity contribution in [3.8, 4) is 12.3 Å². The third-order valence-electron chi connectivity index (χ3n) is 4.31. The SMILES string of the molecule is C#CCN1CCN(c2ccc(N3C[C@H](CNC(=S)OC)OC3=O)cc2F)C=N1. The summed E-state index contributed by atoms with van der Waals surface area (Å²) in [5.41, 5.74) is 0.801. The zero-order chi connectivity index (χ0) is 20.1. The van der Waals surface area contributed by atoms with Gasteiger partial charge in [0.25, 0.3) is 5.17 Å². The number of hydrogen-bond acceptors (Lipinski definition) is 7. The number of carbonyl (C=O) groups is 1. The summed E-state index contributed by atoms with van der Waals surface area (Å²) in [5, 5.41) is 8.98. The number of nitrogens with one attached hydrogen (secondary N) is 1. The lowest BCUT2D eigenvalue weighted by Gasteiger charge is -2.29. The summed E-state index contributed by atoms with van der Waals surface area (Å²) in [6, 6.07) is 4.61. The second kappa shape index (κ2) is 8.75. The highest BCUT2D eigenvalue weighted by Crippen LogP contribution is 2.28. The number of terminal acetylenes is 1. The van der Waals surface area contributed by atoms with Crippen molar-refractivity contribution in [3.05, 3.63) is 24.0 Å². The Bertz CT molecular complexity index is 828. The largest absolute Gasteiger partial charge is 0.474 e. The van der Waals surface area contributed by atoms with Crippen LogP contribution in [0.25, 0.3) is 0 Å². The summed E-state index contributed by atoms with van der Waals surface area (Å²) < 4.78 is 24.8. The lowest BCUT2D eigenvalue weighted by molar-refractivity contribution is 0.142. The Morgan fingerprint density at radius 2 is 2.36 bits per heavy atom. The van der Waals surface area contributed by atoms with E-state index < -0.39 is 18.0 Å². The van der Waals surface area contributed by atoms with Crippen molar-refractivity contribution < 1.29 is 18.7 Å². The van der Waals surface area contributed by atoms with Crippen LogP contribution in [0, 0.1) is 18.2 Å². The van der Waals surface area contributed by atoms with E-state index in [1.165, 1.54) is 18.1 Å². The van der Waals surface area contributed by atoms with Crippen molar-refractivity contribution in [2.75, 3.05) is 49.6 Å². The summed E-state index contributed by atoms with van der Waals surface area (Å²) >= 11 is 4.89. The molecule has 148 valence electrons. The standard InChI is InChI=1S/C18H20FN5O3S/c1-3-6-23-8-7-22(12-21-23)16-5-4-13(9-15(16)19)24-11-14(27-18(24)25)10-20-17(28)26-2/h1,4-5,9,12,14H,6-8,10-11H2,2H3,(H,20,28)/t14-/m0/s1. The van der Waals surface area contributed by atoms with E-state index in [-0.39, 0.29) is 11.7 Å². The summed E-state index contributed by atoms with van der Waals surface area (Å²) in [6.07, 6.45) is 5.86. The van der Waals surface area contributed by atoms with Gasteiger partial charge in [-0.15, -0.1) is 6.42 Å². The average Bonchev–Trinajstić information content (AvgIpc) is 3.07. The summed E-state index contributed by atoms with van der Waals surface area (Å²) in [5.74, 6) is 2.07. The number of hydrazone groups is 1. The Labute approximate surface area is 167 Å². The molecular weight excluding hydrogens is 385 g/mol. The van der Waals surface area contributed by atoms with Crippen LogP contribution in [0.3, 0.4) is 0 Å². The van der Waals surface area contributed by atoms with Crippen LogP contribution in [0.2, 0.25) is 0 Å². The van der Waals surface area contributed by atoms with Gasteiger partial charge in [0.2, 0.25) is 0 Å². The Morgan fingerprint density at radius 1 is 1.54 bits per heavy atom. The normalized spacial score (nSPS) is 18.7. The van der Waals surface area contributed by atoms with E-state index in [1.807, 2.05) is 0 Å². The van der Waals surface area contributed by atoms with E-state index >= 15 is 0 Å². The number of rotatable bonds is 5. The number of halogens is 1. The topological polar surface area (TPSA) is 69.6 Å². The molecule has 1 saturated heterocycles. The average molecular weight is 405 g/mol. The van der Waals surface area contributed by atoms with Gasteiger partial charge in [-0.1, -0.05) is 5.92 Å². The maximum atomic E-state index is 14.7. The van der Waals surface area contributed by atoms with E-state index in [1.54, 1.807) is 28.4 Å². The molecule has 1 aromatic carbocycles. The predicted octanol–water partition coefficient (Wildman–Crippen LogP) is 1.37. The Kier molecular flexibility index (Phi) is 6.16. The van der Waals surface area contributed by atoms with Crippen LogP contribution in [0.15, 0.2) is 23.3 Å². The molecule has 0 unspecified atom stereocenters. The Hall–Kier alpha value is -3.06. The van der Waals surface area contributed by atoms with Crippen LogP contribution in [0.1, 0.15) is 0 Å². The molecule has 28 heavy (non-hydrogen) atoms. The molecule has 2 aliphatic rings. The third kappa shape index (κ3) is 4.43. The molecule has 0 saturated carbocycles. The number of nitrogens with zero attached hydrogens (tertiary/aromatic N) is 4. The van der Waals surface area contributed by atoms with Crippen molar-refractivity contribution in [1.82, 2.24) is 10.3 Å². The van der Waals surface area contributed by atoms with Crippen molar-refractivity contribution in [2.24, 2.45) is 5.10 Å². The first kappa shape index (κ1) is 19.7. The monoisotopic (exact) mass is 405 g/mol. The highest BCUT2D eigenvalue weighted by molar-refractivity contribution is 7.80.